The van der Waals surface area contributed by atoms with Gasteiger partial charge in [0.1, 0.15) is 0 Å². The molecule has 0 radical (unpaired) electrons. The zero-order valence-electron chi connectivity index (χ0n) is 10.7. The van der Waals surface area contributed by atoms with Crippen LogP contribution in [0, 0.1) is 17.8 Å². The lowest BCUT2D eigenvalue weighted by Crippen LogP contribution is -2.39. The molecule has 1 aliphatic carbocycles. The fourth-order valence-electron chi connectivity index (χ4n) is 2.44. The van der Waals surface area contributed by atoms with E-state index in [0.29, 0.717) is 12.8 Å². The van der Waals surface area contributed by atoms with Crippen LogP contribution in [0.15, 0.2) is 0 Å². The highest BCUT2D eigenvalue weighted by Gasteiger charge is 2.50. The Kier molecular flexibility index (Phi) is 4.70. The predicted molar refractivity (Wildman–Crippen MR) is 61.2 cm³/mol. The van der Waals surface area contributed by atoms with E-state index in [-0.39, 0.29) is 17.8 Å². The fraction of sp³-hybridized carbons (Fsp3) is 1.00. The van der Waals surface area contributed by atoms with Crippen LogP contribution < -0.4 is 0 Å². The summed E-state index contributed by atoms with van der Waals surface area (Å²) >= 11 is 0. The molecule has 1 rings (SSSR count). The summed E-state index contributed by atoms with van der Waals surface area (Å²) in [6, 6.07) is 0. The largest absolute Gasteiger partial charge is 0.523 e. The summed E-state index contributed by atoms with van der Waals surface area (Å²) < 4.78 is 63.4. The first-order valence-electron chi connectivity index (χ1n) is 6.04. The molecule has 7 heteroatoms. The molecule has 108 valence electrons. The van der Waals surface area contributed by atoms with Crippen molar-refractivity contribution in [2.75, 3.05) is 0 Å². The molecular formula is C11H19F3O3S. The number of hydrogen-bond donors (Lipinski definition) is 0. The van der Waals surface area contributed by atoms with Crippen LogP contribution in [0.1, 0.15) is 40.0 Å². The Labute approximate surface area is 106 Å². The van der Waals surface area contributed by atoms with Crippen LogP contribution in [0.25, 0.3) is 0 Å². The van der Waals surface area contributed by atoms with Crippen LogP contribution >= 0.6 is 0 Å². The first-order valence-corrected chi connectivity index (χ1v) is 7.45. The second kappa shape index (κ2) is 5.36. The minimum absolute atomic E-state index is 0.103. The van der Waals surface area contributed by atoms with Crippen LogP contribution in [-0.4, -0.2) is 20.0 Å². The van der Waals surface area contributed by atoms with Crippen LogP contribution in [0.2, 0.25) is 0 Å². The molecule has 3 nitrogen and oxygen atoms in total. The molecule has 0 aromatic rings. The van der Waals surface area contributed by atoms with Crippen LogP contribution in [0.5, 0.6) is 0 Å². The quantitative estimate of drug-likeness (QED) is 0.591. The maximum absolute atomic E-state index is 12.3. The molecule has 0 aromatic heterocycles. The van der Waals surface area contributed by atoms with Gasteiger partial charge in [-0.1, -0.05) is 27.2 Å². The summed E-state index contributed by atoms with van der Waals surface area (Å²) in [5.74, 6) is 0.151. The average Bonchev–Trinajstić information content (AvgIpc) is 2.14. The molecule has 1 aliphatic rings. The first kappa shape index (κ1) is 15.8. The van der Waals surface area contributed by atoms with Gasteiger partial charge in [0.2, 0.25) is 0 Å². The summed E-state index contributed by atoms with van der Waals surface area (Å²) in [5.41, 5.74) is -5.34. The van der Waals surface area contributed by atoms with Crippen LogP contribution in [0.3, 0.4) is 0 Å². The Morgan fingerprint density at radius 1 is 1.22 bits per heavy atom. The summed E-state index contributed by atoms with van der Waals surface area (Å²) in [7, 11) is -5.49. The van der Waals surface area contributed by atoms with Crippen molar-refractivity contribution in [3.8, 4) is 0 Å². The number of hydrogen-bond acceptors (Lipinski definition) is 3. The highest BCUT2D eigenvalue weighted by molar-refractivity contribution is 7.87. The molecule has 0 N–H and O–H groups in total. The van der Waals surface area contributed by atoms with Crippen molar-refractivity contribution in [3.05, 3.63) is 0 Å². The second-order valence-electron chi connectivity index (χ2n) is 5.36. The average molecular weight is 288 g/mol. The van der Waals surface area contributed by atoms with Crippen molar-refractivity contribution in [1.82, 2.24) is 0 Å². The molecule has 3 unspecified atom stereocenters. The molecule has 1 saturated carbocycles. The first-order chi connectivity index (χ1) is 8.04. The van der Waals surface area contributed by atoms with E-state index < -0.39 is 21.7 Å². The third-order valence-corrected chi connectivity index (χ3v) is 4.56. The molecule has 0 amide bonds. The number of rotatable bonds is 3. The van der Waals surface area contributed by atoms with Crippen molar-refractivity contribution in [2.24, 2.45) is 17.8 Å². The zero-order chi connectivity index (χ0) is 14.1. The smallest absolute Gasteiger partial charge is 0.260 e. The SMILES string of the molecule is CC1CCC(C(C)C)C(OS(=O)(=O)C(F)(F)F)C1. The summed E-state index contributed by atoms with van der Waals surface area (Å²) in [6.07, 6.45) is 1.10. The second-order valence-corrected chi connectivity index (χ2v) is 6.92. The molecule has 0 aromatic carbocycles. The normalized spacial score (nSPS) is 30.7. The Morgan fingerprint density at radius 2 is 1.78 bits per heavy atom. The van der Waals surface area contributed by atoms with E-state index in [1.54, 1.807) is 0 Å². The van der Waals surface area contributed by atoms with E-state index >= 15 is 0 Å². The van der Waals surface area contributed by atoms with E-state index in [2.05, 4.69) is 4.18 Å². The molecule has 0 aliphatic heterocycles. The summed E-state index contributed by atoms with van der Waals surface area (Å²) in [5, 5.41) is 0. The molecule has 18 heavy (non-hydrogen) atoms. The van der Waals surface area contributed by atoms with Gasteiger partial charge >= 0.3 is 15.6 Å². The van der Waals surface area contributed by atoms with Crippen molar-refractivity contribution < 1.29 is 25.8 Å². The monoisotopic (exact) mass is 288 g/mol. The van der Waals surface area contributed by atoms with Gasteiger partial charge in [0.05, 0.1) is 6.10 Å². The molecule has 0 heterocycles. The van der Waals surface area contributed by atoms with Gasteiger partial charge < -0.3 is 0 Å². The van der Waals surface area contributed by atoms with Crippen molar-refractivity contribution in [3.63, 3.8) is 0 Å². The Balaban J connectivity index is 2.85. The van der Waals surface area contributed by atoms with Gasteiger partial charge in [-0.25, -0.2) is 0 Å². The lowest BCUT2D eigenvalue weighted by Gasteiger charge is -2.36. The molecular weight excluding hydrogens is 269 g/mol. The van der Waals surface area contributed by atoms with E-state index in [0.717, 1.165) is 6.42 Å². The fourth-order valence-corrected chi connectivity index (χ4v) is 3.10. The van der Waals surface area contributed by atoms with E-state index in [4.69, 9.17) is 0 Å². The van der Waals surface area contributed by atoms with Crippen molar-refractivity contribution >= 4 is 10.1 Å². The maximum Gasteiger partial charge on any atom is 0.523 e. The molecule has 3 atom stereocenters. The van der Waals surface area contributed by atoms with E-state index in [9.17, 15) is 21.6 Å². The summed E-state index contributed by atoms with van der Waals surface area (Å²) in [4.78, 5) is 0. The molecule has 1 fully saturated rings. The van der Waals surface area contributed by atoms with Gasteiger partial charge in [0.25, 0.3) is 0 Å². The standard InChI is InChI=1S/C11H19F3O3S/c1-7(2)9-5-4-8(3)6-10(9)17-18(15,16)11(12,13)14/h7-10H,4-6H2,1-3H3. The third kappa shape index (κ3) is 3.60. The summed E-state index contributed by atoms with van der Waals surface area (Å²) in [6.45, 7) is 5.64. The molecule has 0 bridgehead atoms. The van der Waals surface area contributed by atoms with Gasteiger partial charge in [-0.05, 0) is 30.6 Å². The topological polar surface area (TPSA) is 43.4 Å². The van der Waals surface area contributed by atoms with Crippen molar-refractivity contribution in [2.45, 2.75) is 51.6 Å². The Morgan fingerprint density at radius 3 is 2.22 bits per heavy atom. The van der Waals surface area contributed by atoms with Gasteiger partial charge in [-0.15, -0.1) is 0 Å². The minimum atomic E-state index is -5.49. The van der Waals surface area contributed by atoms with Gasteiger partial charge in [0.15, 0.2) is 0 Å². The predicted octanol–water partition coefficient (Wildman–Crippen LogP) is 3.31. The van der Waals surface area contributed by atoms with Gasteiger partial charge in [-0.2, -0.15) is 21.6 Å². The highest BCUT2D eigenvalue weighted by atomic mass is 32.2. The molecule has 0 spiro atoms. The maximum atomic E-state index is 12.3. The number of alkyl halides is 3. The minimum Gasteiger partial charge on any atom is -0.260 e. The van der Waals surface area contributed by atoms with Gasteiger partial charge in [-0.3, -0.25) is 4.18 Å². The Bertz CT molecular complexity index is 375. The zero-order valence-corrected chi connectivity index (χ0v) is 11.5. The molecule has 0 saturated heterocycles. The van der Waals surface area contributed by atoms with E-state index in [1.165, 1.54) is 0 Å². The Hall–Kier alpha value is -0.300. The lowest BCUT2D eigenvalue weighted by molar-refractivity contribution is -0.0640. The van der Waals surface area contributed by atoms with Crippen LogP contribution in [0.4, 0.5) is 13.2 Å². The van der Waals surface area contributed by atoms with Crippen molar-refractivity contribution in [1.29, 1.82) is 0 Å². The highest BCUT2D eigenvalue weighted by Crippen LogP contribution is 2.38. The van der Waals surface area contributed by atoms with Crippen LogP contribution in [-0.2, 0) is 14.3 Å². The van der Waals surface area contributed by atoms with E-state index in [1.807, 2.05) is 20.8 Å². The number of halogens is 3. The van der Waals surface area contributed by atoms with Gasteiger partial charge in [0, 0.05) is 0 Å². The lowest BCUT2D eigenvalue weighted by atomic mass is 9.75. The third-order valence-electron chi connectivity index (χ3n) is 3.50.